The number of aliphatic hydroxyl groups is 1. The third-order valence-electron chi connectivity index (χ3n) is 5.55. The molecule has 144 valence electrons. The molecule has 2 aliphatic heterocycles. The quantitative estimate of drug-likeness (QED) is 0.810. The van der Waals surface area contributed by atoms with E-state index in [1.165, 1.54) is 13.0 Å². The maximum absolute atomic E-state index is 13.7. The molecule has 2 heterocycles. The molecule has 0 spiro atoms. The molecular weight excluding hydrogens is 352 g/mol. The Bertz CT molecular complexity index is 694. The summed E-state index contributed by atoms with van der Waals surface area (Å²) in [5.74, 6) is -1.42. The summed E-state index contributed by atoms with van der Waals surface area (Å²) in [6, 6.07) is 2.98. The molecule has 0 aromatic heterocycles. The van der Waals surface area contributed by atoms with Crippen molar-refractivity contribution in [3.8, 4) is 0 Å². The first-order valence-corrected chi connectivity index (χ1v) is 8.64. The van der Waals surface area contributed by atoms with Crippen molar-refractivity contribution in [3.63, 3.8) is 0 Å². The lowest BCUT2D eigenvalue weighted by molar-refractivity contribution is -0.145. The molecule has 0 radical (unpaired) electrons. The second-order valence-corrected chi connectivity index (χ2v) is 7.31. The fourth-order valence-electron chi connectivity index (χ4n) is 3.95. The topological polar surface area (TPSA) is 43.8 Å². The summed E-state index contributed by atoms with van der Waals surface area (Å²) >= 11 is 0. The van der Waals surface area contributed by atoms with Crippen LogP contribution in [0.1, 0.15) is 30.9 Å². The van der Waals surface area contributed by atoms with Crippen molar-refractivity contribution in [2.45, 2.75) is 38.1 Å². The first-order chi connectivity index (χ1) is 12.1. The molecular formula is C18H22F4N2O2. The summed E-state index contributed by atoms with van der Waals surface area (Å²) in [6.07, 6.45) is -3.64. The molecule has 8 heteroatoms. The summed E-state index contributed by atoms with van der Waals surface area (Å²) in [5.41, 5.74) is -1.62. The Hall–Kier alpha value is -1.67. The molecule has 4 nitrogen and oxygen atoms in total. The highest BCUT2D eigenvalue weighted by Crippen LogP contribution is 2.36. The normalized spacial score (nSPS) is 27.3. The summed E-state index contributed by atoms with van der Waals surface area (Å²) in [5, 5.41) is 10.8. The third-order valence-corrected chi connectivity index (χ3v) is 5.55. The maximum Gasteiger partial charge on any atom is 0.419 e. The summed E-state index contributed by atoms with van der Waals surface area (Å²) < 4.78 is 51.7. The van der Waals surface area contributed by atoms with Crippen LogP contribution in [0.25, 0.3) is 0 Å². The second-order valence-electron chi connectivity index (χ2n) is 7.31. The zero-order chi connectivity index (χ0) is 19.1. The second kappa shape index (κ2) is 6.81. The molecule has 0 unspecified atom stereocenters. The van der Waals surface area contributed by atoms with E-state index < -0.39 is 23.2 Å². The van der Waals surface area contributed by atoms with Crippen molar-refractivity contribution in [1.82, 2.24) is 9.80 Å². The number of likely N-dealkylation sites (tertiary alicyclic amines) is 2. The number of halogens is 4. The molecule has 3 rings (SSSR count). The van der Waals surface area contributed by atoms with Gasteiger partial charge in [0.25, 0.3) is 0 Å². The average Bonchev–Trinajstić information content (AvgIpc) is 2.53. The van der Waals surface area contributed by atoms with Gasteiger partial charge in [-0.05, 0) is 30.5 Å². The zero-order valence-corrected chi connectivity index (χ0v) is 14.5. The molecule has 2 fully saturated rings. The molecule has 1 aromatic carbocycles. The molecule has 1 amide bonds. The van der Waals surface area contributed by atoms with Crippen LogP contribution >= 0.6 is 0 Å². The molecule has 1 N–H and O–H groups in total. The van der Waals surface area contributed by atoms with Crippen molar-refractivity contribution in [2.24, 2.45) is 5.92 Å². The van der Waals surface area contributed by atoms with Gasteiger partial charge in [-0.25, -0.2) is 4.39 Å². The number of hydrogen-bond donors (Lipinski definition) is 1. The van der Waals surface area contributed by atoms with Gasteiger partial charge >= 0.3 is 6.18 Å². The molecule has 2 aliphatic rings. The molecule has 2 saturated heterocycles. The Balaban J connectivity index is 1.68. The van der Waals surface area contributed by atoms with Gasteiger partial charge in [0, 0.05) is 45.6 Å². The van der Waals surface area contributed by atoms with Crippen molar-refractivity contribution in [3.05, 3.63) is 35.1 Å². The predicted octanol–water partition coefficient (Wildman–Crippen LogP) is 2.65. The highest BCUT2D eigenvalue weighted by atomic mass is 19.4. The largest absolute Gasteiger partial charge is 0.419 e. The Labute approximate surface area is 149 Å². The Morgan fingerprint density at radius 2 is 1.96 bits per heavy atom. The van der Waals surface area contributed by atoms with Crippen LogP contribution in [-0.2, 0) is 17.5 Å². The van der Waals surface area contributed by atoms with Gasteiger partial charge in [0.2, 0.25) is 5.91 Å². The summed E-state index contributed by atoms with van der Waals surface area (Å²) in [6.45, 7) is 3.90. The summed E-state index contributed by atoms with van der Waals surface area (Å²) in [7, 11) is 0. The predicted molar refractivity (Wildman–Crippen MR) is 86.6 cm³/mol. The molecule has 1 aromatic rings. The number of amides is 1. The molecule has 2 atom stereocenters. The zero-order valence-electron chi connectivity index (χ0n) is 14.5. The number of benzene rings is 1. The molecule has 0 saturated carbocycles. The number of piperidine rings is 2. The van der Waals surface area contributed by atoms with Gasteiger partial charge in [-0.2, -0.15) is 13.2 Å². The van der Waals surface area contributed by atoms with Gasteiger partial charge < -0.3 is 10.0 Å². The molecule has 26 heavy (non-hydrogen) atoms. The number of alkyl halides is 3. The van der Waals surface area contributed by atoms with E-state index in [2.05, 4.69) is 0 Å². The maximum atomic E-state index is 13.7. The smallest absolute Gasteiger partial charge is 0.389 e. The standard InChI is InChI=1S/C18H22F4N2O2/c1-12(25)24-7-5-17(26)4-6-23(10-14(17)11-24)9-13-2-3-15(16(19)8-13)18(20,21)22/h2-3,8,14,26H,4-7,9-11H2,1H3/t14-,17-/m0/s1. The van der Waals surface area contributed by atoms with E-state index in [4.69, 9.17) is 0 Å². The van der Waals surface area contributed by atoms with E-state index in [-0.39, 0.29) is 11.8 Å². The van der Waals surface area contributed by atoms with E-state index in [0.717, 1.165) is 12.1 Å². The van der Waals surface area contributed by atoms with Crippen LogP contribution < -0.4 is 0 Å². The van der Waals surface area contributed by atoms with Crippen molar-refractivity contribution < 1.29 is 27.5 Å². The minimum absolute atomic E-state index is 0.0333. The monoisotopic (exact) mass is 374 g/mol. The SMILES string of the molecule is CC(=O)N1CC[C@@]2(O)CCN(Cc3ccc(C(F)(F)F)c(F)c3)C[C@H]2C1. The fourth-order valence-corrected chi connectivity index (χ4v) is 3.95. The third kappa shape index (κ3) is 3.86. The van der Waals surface area contributed by atoms with Crippen LogP contribution in [0.4, 0.5) is 17.6 Å². The van der Waals surface area contributed by atoms with Gasteiger partial charge in [0.15, 0.2) is 0 Å². The van der Waals surface area contributed by atoms with E-state index in [1.807, 2.05) is 4.90 Å². The van der Waals surface area contributed by atoms with Gasteiger partial charge in [-0.1, -0.05) is 6.07 Å². The summed E-state index contributed by atoms with van der Waals surface area (Å²) in [4.78, 5) is 15.3. The Morgan fingerprint density at radius 1 is 1.27 bits per heavy atom. The van der Waals surface area contributed by atoms with Crippen LogP contribution in [0.15, 0.2) is 18.2 Å². The Kier molecular flexibility index (Phi) is 5.00. The minimum Gasteiger partial charge on any atom is -0.389 e. The van der Waals surface area contributed by atoms with Crippen molar-refractivity contribution >= 4 is 5.91 Å². The van der Waals surface area contributed by atoms with E-state index in [0.29, 0.717) is 51.1 Å². The highest BCUT2D eigenvalue weighted by Gasteiger charge is 2.45. The lowest BCUT2D eigenvalue weighted by Crippen LogP contribution is -2.60. The fraction of sp³-hybridized carbons (Fsp3) is 0.611. The van der Waals surface area contributed by atoms with E-state index in [9.17, 15) is 27.5 Å². The first-order valence-electron chi connectivity index (χ1n) is 8.64. The van der Waals surface area contributed by atoms with Gasteiger partial charge in [-0.3, -0.25) is 9.69 Å². The van der Waals surface area contributed by atoms with Crippen LogP contribution in [0.3, 0.4) is 0 Å². The van der Waals surface area contributed by atoms with Crippen LogP contribution in [0, 0.1) is 11.7 Å². The van der Waals surface area contributed by atoms with Crippen molar-refractivity contribution in [1.29, 1.82) is 0 Å². The van der Waals surface area contributed by atoms with Crippen LogP contribution in [0.5, 0.6) is 0 Å². The number of carbonyl (C=O) groups is 1. The van der Waals surface area contributed by atoms with Crippen LogP contribution in [0.2, 0.25) is 0 Å². The number of hydrogen-bond acceptors (Lipinski definition) is 3. The number of nitrogens with zero attached hydrogens (tertiary/aromatic N) is 2. The number of fused-ring (bicyclic) bond motifs is 1. The highest BCUT2D eigenvalue weighted by molar-refractivity contribution is 5.73. The van der Waals surface area contributed by atoms with Gasteiger partial charge in [0.05, 0.1) is 11.2 Å². The van der Waals surface area contributed by atoms with Gasteiger partial charge in [-0.15, -0.1) is 0 Å². The average molecular weight is 374 g/mol. The van der Waals surface area contributed by atoms with E-state index in [1.54, 1.807) is 4.90 Å². The first kappa shape index (κ1) is 19.1. The van der Waals surface area contributed by atoms with Crippen LogP contribution in [-0.4, -0.2) is 52.6 Å². The minimum atomic E-state index is -4.71. The lowest BCUT2D eigenvalue weighted by Gasteiger charge is -2.50. The van der Waals surface area contributed by atoms with Gasteiger partial charge in [0.1, 0.15) is 5.82 Å². The van der Waals surface area contributed by atoms with Crippen molar-refractivity contribution in [2.75, 3.05) is 26.2 Å². The molecule has 0 aliphatic carbocycles. The lowest BCUT2D eigenvalue weighted by atomic mass is 9.75. The van der Waals surface area contributed by atoms with E-state index >= 15 is 0 Å². The number of rotatable bonds is 2. The Morgan fingerprint density at radius 3 is 2.58 bits per heavy atom. The number of carbonyl (C=O) groups excluding carboxylic acids is 1. The molecule has 0 bridgehead atoms.